The molecule has 0 spiro atoms. The van der Waals surface area contributed by atoms with Crippen molar-refractivity contribution in [1.29, 1.82) is 0 Å². The van der Waals surface area contributed by atoms with Gasteiger partial charge >= 0.3 is 5.97 Å². The van der Waals surface area contributed by atoms with Gasteiger partial charge in [-0.2, -0.15) is 0 Å². The van der Waals surface area contributed by atoms with Crippen LogP contribution in [0.15, 0.2) is 36.5 Å². The Balaban J connectivity index is 2.44. The largest absolute Gasteiger partial charge is 0.467 e. The summed E-state index contributed by atoms with van der Waals surface area (Å²) in [5.74, 6) is 0.264. The highest BCUT2D eigenvalue weighted by Gasteiger charge is 2.23. The molecule has 0 aliphatic carbocycles. The Morgan fingerprint density at radius 3 is 2.67 bits per heavy atom. The lowest BCUT2D eigenvalue weighted by atomic mass is 10.0. The van der Waals surface area contributed by atoms with Gasteiger partial charge in [0.25, 0.3) is 0 Å². The van der Waals surface area contributed by atoms with Crippen molar-refractivity contribution in [2.75, 3.05) is 7.11 Å². The second kappa shape index (κ2) is 5.25. The van der Waals surface area contributed by atoms with E-state index in [-0.39, 0.29) is 12.0 Å². The zero-order valence-corrected chi connectivity index (χ0v) is 11.1. The van der Waals surface area contributed by atoms with Crippen molar-refractivity contribution in [3.63, 3.8) is 0 Å². The Kier molecular flexibility index (Phi) is 3.70. The number of methoxy groups -OCH3 is 1. The minimum absolute atomic E-state index is 0.176. The molecule has 18 heavy (non-hydrogen) atoms. The third kappa shape index (κ3) is 2.40. The van der Waals surface area contributed by atoms with Crippen molar-refractivity contribution in [3.8, 4) is 0 Å². The van der Waals surface area contributed by atoms with E-state index in [1.54, 1.807) is 0 Å². The van der Waals surface area contributed by atoms with E-state index in [4.69, 9.17) is 4.74 Å². The summed E-state index contributed by atoms with van der Waals surface area (Å²) < 4.78 is 6.94. The van der Waals surface area contributed by atoms with Crippen LogP contribution in [0.5, 0.6) is 0 Å². The van der Waals surface area contributed by atoms with Crippen LogP contribution in [0.2, 0.25) is 0 Å². The highest BCUT2D eigenvalue weighted by atomic mass is 16.5. The Labute approximate surface area is 107 Å². The summed E-state index contributed by atoms with van der Waals surface area (Å²) in [6.45, 7) is 4.23. The van der Waals surface area contributed by atoms with Gasteiger partial charge in [-0.3, -0.25) is 0 Å². The molecule has 3 nitrogen and oxygen atoms in total. The quantitative estimate of drug-likeness (QED) is 0.773. The Hall–Kier alpha value is -1.77. The molecule has 0 saturated carbocycles. The molecule has 1 atom stereocenters. The summed E-state index contributed by atoms with van der Waals surface area (Å²) in [7, 11) is 1.45. The normalized spacial score (nSPS) is 12.9. The highest BCUT2D eigenvalue weighted by molar-refractivity contribution is 5.83. The molecule has 0 amide bonds. The van der Waals surface area contributed by atoms with Crippen molar-refractivity contribution in [2.45, 2.75) is 26.3 Å². The van der Waals surface area contributed by atoms with Crippen LogP contribution in [0, 0.1) is 5.92 Å². The minimum Gasteiger partial charge on any atom is -0.467 e. The number of hydrogen-bond acceptors (Lipinski definition) is 2. The lowest BCUT2D eigenvalue weighted by molar-refractivity contribution is -0.145. The smallest absolute Gasteiger partial charge is 0.328 e. The molecule has 2 aromatic rings. The number of fused-ring (bicyclic) bond motifs is 1. The molecule has 1 aromatic heterocycles. The van der Waals surface area contributed by atoms with Crippen molar-refractivity contribution in [2.24, 2.45) is 5.92 Å². The van der Waals surface area contributed by atoms with Gasteiger partial charge in [0.1, 0.15) is 6.04 Å². The first-order valence-electron chi connectivity index (χ1n) is 6.27. The SMILES string of the molecule is COC(=O)[C@H](CC(C)C)n1ccc2ccccc21. The number of rotatable bonds is 4. The predicted octanol–water partition coefficient (Wildman–Crippen LogP) is 3.40. The Bertz CT molecular complexity index is 542. The summed E-state index contributed by atoms with van der Waals surface area (Å²) in [5.41, 5.74) is 1.08. The van der Waals surface area contributed by atoms with Crippen LogP contribution < -0.4 is 0 Å². The average molecular weight is 245 g/mol. The highest BCUT2D eigenvalue weighted by Crippen LogP contribution is 2.25. The van der Waals surface area contributed by atoms with Crippen molar-refractivity contribution < 1.29 is 9.53 Å². The van der Waals surface area contributed by atoms with Crippen LogP contribution >= 0.6 is 0 Å². The summed E-state index contributed by atoms with van der Waals surface area (Å²) in [5, 5.41) is 1.15. The Morgan fingerprint density at radius 2 is 2.00 bits per heavy atom. The van der Waals surface area contributed by atoms with Gasteiger partial charge in [0, 0.05) is 11.7 Å². The third-order valence-corrected chi connectivity index (χ3v) is 3.13. The number of para-hydroxylation sites is 1. The fourth-order valence-corrected chi connectivity index (χ4v) is 2.28. The lowest BCUT2D eigenvalue weighted by Gasteiger charge is -2.19. The van der Waals surface area contributed by atoms with E-state index >= 15 is 0 Å². The van der Waals surface area contributed by atoms with Crippen molar-refractivity contribution in [3.05, 3.63) is 36.5 Å². The molecule has 0 saturated heterocycles. The van der Waals surface area contributed by atoms with Crippen LogP contribution in [0.1, 0.15) is 26.3 Å². The van der Waals surface area contributed by atoms with Gasteiger partial charge in [0.2, 0.25) is 0 Å². The second-order valence-electron chi connectivity index (χ2n) is 4.95. The average Bonchev–Trinajstić information content (AvgIpc) is 2.78. The van der Waals surface area contributed by atoms with Gasteiger partial charge in [-0.1, -0.05) is 32.0 Å². The predicted molar refractivity (Wildman–Crippen MR) is 72.4 cm³/mol. The number of ether oxygens (including phenoxy) is 1. The molecule has 1 heterocycles. The first kappa shape index (κ1) is 12.7. The summed E-state index contributed by atoms with van der Waals surface area (Å²) >= 11 is 0. The molecule has 3 heteroatoms. The molecule has 0 bridgehead atoms. The van der Waals surface area contributed by atoms with Gasteiger partial charge in [-0.15, -0.1) is 0 Å². The fourth-order valence-electron chi connectivity index (χ4n) is 2.28. The summed E-state index contributed by atoms with van der Waals surface area (Å²) in [4.78, 5) is 11.9. The van der Waals surface area contributed by atoms with Gasteiger partial charge in [-0.05, 0) is 29.9 Å². The number of esters is 1. The summed E-state index contributed by atoms with van der Waals surface area (Å²) in [6.07, 6.45) is 2.75. The monoisotopic (exact) mass is 245 g/mol. The van der Waals surface area contributed by atoms with E-state index in [2.05, 4.69) is 19.9 Å². The number of nitrogens with zero attached hydrogens (tertiary/aromatic N) is 1. The molecule has 0 radical (unpaired) electrons. The standard InChI is InChI=1S/C15H19NO2/c1-11(2)10-14(15(17)18-3)16-9-8-12-6-4-5-7-13(12)16/h4-9,11,14H,10H2,1-3H3/t14-/m0/s1. The van der Waals surface area contributed by atoms with Crippen LogP contribution in [-0.4, -0.2) is 17.6 Å². The fraction of sp³-hybridized carbons (Fsp3) is 0.400. The van der Waals surface area contributed by atoms with Gasteiger partial charge in [0.15, 0.2) is 0 Å². The first-order chi connectivity index (χ1) is 8.63. The number of carbonyl (C=O) groups excluding carboxylic acids is 1. The number of benzene rings is 1. The number of aromatic nitrogens is 1. The van der Waals surface area contributed by atoms with Crippen LogP contribution in [0.4, 0.5) is 0 Å². The number of carbonyl (C=O) groups is 1. The molecule has 0 N–H and O–H groups in total. The Morgan fingerprint density at radius 1 is 1.28 bits per heavy atom. The van der Waals surface area contributed by atoms with Gasteiger partial charge < -0.3 is 9.30 Å². The molecule has 0 aliphatic rings. The molecule has 96 valence electrons. The maximum Gasteiger partial charge on any atom is 0.328 e. The van der Waals surface area contributed by atoms with Gasteiger partial charge in [0.05, 0.1) is 7.11 Å². The summed E-state index contributed by atoms with van der Waals surface area (Å²) in [6, 6.07) is 9.87. The topological polar surface area (TPSA) is 31.2 Å². The molecular formula is C15H19NO2. The van der Waals surface area contributed by atoms with E-state index in [0.29, 0.717) is 5.92 Å². The van der Waals surface area contributed by atoms with E-state index in [1.807, 2.05) is 35.0 Å². The molecule has 0 aliphatic heterocycles. The molecule has 0 unspecified atom stereocenters. The molecule has 1 aromatic carbocycles. The maximum atomic E-state index is 11.9. The van der Waals surface area contributed by atoms with Crippen LogP contribution in [0.25, 0.3) is 10.9 Å². The lowest BCUT2D eigenvalue weighted by Crippen LogP contribution is -2.22. The zero-order valence-electron chi connectivity index (χ0n) is 11.1. The minimum atomic E-state index is -0.241. The number of hydrogen-bond donors (Lipinski definition) is 0. The van der Waals surface area contributed by atoms with Gasteiger partial charge in [-0.25, -0.2) is 4.79 Å². The van der Waals surface area contributed by atoms with Crippen molar-refractivity contribution in [1.82, 2.24) is 4.57 Å². The second-order valence-corrected chi connectivity index (χ2v) is 4.95. The van der Waals surface area contributed by atoms with Crippen LogP contribution in [-0.2, 0) is 9.53 Å². The zero-order chi connectivity index (χ0) is 13.1. The van der Waals surface area contributed by atoms with E-state index in [1.165, 1.54) is 7.11 Å². The maximum absolute atomic E-state index is 11.9. The first-order valence-corrected chi connectivity index (χ1v) is 6.27. The van der Waals surface area contributed by atoms with Crippen LogP contribution in [0.3, 0.4) is 0 Å². The third-order valence-electron chi connectivity index (χ3n) is 3.13. The van der Waals surface area contributed by atoms with Crippen molar-refractivity contribution >= 4 is 16.9 Å². The molecule has 0 fully saturated rings. The van der Waals surface area contributed by atoms with E-state index in [0.717, 1.165) is 17.3 Å². The van der Waals surface area contributed by atoms with E-state index < -0.39 is 0 Å². The van der Waals surface area contributed by atoms with E-state index in [9.17, 15) is 4.79 Å². The molecule has 2 rings (SSSR count). The molecular weight excluding hydrogens is 226 g/mol.